The molecule has 0 radical (unpaired) electrons. The van der Waals surface area contributed by atoms with Gasteiger partial charge in [0.15, 0.2) is 0 Å². The van der Waals surface area contributed by atoms with Gasteiger partial charge in [-0.25, -0.2) is 4.39 Å². The van der Waals surface area contributed by atoms with Crippen molar-refractivity contribution >= 4 is 0 Å². The zero-order valence-corrected chi connectivity index (χ0v) is 10.2. The standard InChI is InChI=1S/C12H19F4NO/c13-8-3-5-17(6-4-8)11-7-9(18)1-2-10(11)12(14,15)16/h8-11,18H,1-7H2. The summed E-state index contributed by atoms with van der Waals surface area (Å²) in [6, 6.07) is -0.679. The highest BCUT2D eigenvalue weighted by Crippen LogP contribution is 2.40. The van der Waals surface area contributed by atoms with Crippen molar-refractivity contribution in [3.05, 3.63) is 0 Å². The van der Waals surface area contributed by atoms with Crippen molar-refractivity contribution in [3.8, 4) is 0 Å². The summed E-state index contributed by atoms with van der Waals surface area (Å²) in [6.07, 6.45) is -4.83. The van der Waals surface area contributed by atoms with Crippen molar-refractivity contribution in [3.63, 3.8) is 0 Å². The van der Waals surface area contributed by atoms with Gasteiger partial charge in [-0.2, -0.15) is 13.2 Å². The van der Waals surface area contributed by atoms with Crippen LogP contribution < -0.4 is 0 Å². The summed E-state index contributed by atoms with van der Waals surface area (Å²) in [6.45, 7) is 0.732. The van der Waals surface area contributed by atoms with Crippen LogP contribution in [-0.2, 0) is 0 Å². The molecule has 2 nitrogen and oxygen atoms in total. The van der Waals surface area contributed by atoms with Crippen molar-refractivity contribution in [1.82, 2.24) is 4.90 Å². The highest BCUT2D eigenvalue weighted by atomic mass is 19.4. The van der Waals surface area contributed by atoms with Crippen molar-refractivity contribution in [2.45, 2.75) is 56.6 Å². The minimum absolute atomic E-state index is 0.0229. The van der Waals surface area contributed by atoms with Crippen molar-refractivity contribution < 1.29 is 22.7 Å². The van der Waals surface area contributed by atoms with Crippen LogP contribution in [0.5, 0.6) is 0 Å². The molecular formula is C12H19F4NO. The second-order valence-corrected chi connectivity index (χ2v) is 5.39. The Labute approximate surface area is 104 Å². The van der Waals surface area contributed by atoms with Crippen LogP contribution in [-0.4, -0.2) is 47.6 Å². The zero-order chi connectivity index (χ0) is 13.3. The molecule has 1 aliphatic heterocycles. The van der Waals surface area contributed by atoms with Gasteiger partial charge in [-0.15, -0.1) is 0 Å². The number of halogens is 4. The number of hydrogen-bond acceptors (Lipinski definition) is 2. The van der Waals surface area contributed by atoms with Crippen LogP contribution in [0.15, 0.2) is 0 Å². The van der Waals surface area contributed by atoms with E-state index in [1.807, 2.05) is 0 Å². The van der Waals surface area contributed by atoms with Gasteiger partial charge in [-0.05, 0) is 32.1 Å². The molecule has 6 heteroatoms. The predicted molar refractivity (Wildman–Crippen MR) is 58.9 cm³/mol. The second-order valence-electron chi connectivity index (χ2n) is 5.39. The van der Waals surface area contributed by atoms with Gasteiger partial charge >= 0.3 is 6.18 Å². The van der Waals surface area contributed by atoms with Crippen LogP contribution >= 0.6 is 0 Å². The maximum Gasteiger partial charge on any atom is 0.393 e. The van der Waals surface area contributed by atoms with E-state index in [4.69, 9.17) is 0 Å². The molecule has 3 atom stereocenters. The highest BCUT2D eigenvalue weighted by Gasteiger charge is 2.49. The van der Waals surface area contributed by atoms with E-state index in [0.717, 1.165) is 0 Å². The first-order valence-corrected chi connectivity index (χ1v) is 6.51. The first kappa shape index (κ1) is 14.1. The van der Waals surface area contributed by atoms with Crippen molar-refractivity contribution in [1.29, 1.82) is 0 Å². The molecule has 0 aromatic carbocycles. The van der Waals surface area contributed by atoms with Gasteiger partial charge in [0.25, 0.3) is 0 Å². The number of alkyl halides is 4. The number of nitrogens with zero attached hydrogens (tertiary/aromatic N) is 1. The van der Waals surface area contributed by atoms with Crippen LogP contribution in [0.2, 0.25) is 0 Å². The van der Waals surface area contributed by atoms with Crippen LogP contribution in [0.25, 0.3) is 0 Å². The molecule has 1 saturated carbocycles. The Hall–Kier alpha value is -0.360. The van der Waals surface area contributed by atoms with E-state index in [1.54, 1.807) is 4.90 Å². The van der Waals surface area contributed by atoms with Crippen molar-refractivity contribution in [2.24, 2.45) is 5.92 Å². The number of piperidine rings is 1. The number of aliphatic hydroxyl groups excluding tert-OH is 1. The quantitative estimate of drug-likeness (QED) is 0.739. The lowest BCUT2D eigenvalue weighted by Crippen LogP contribution is -2.53. The average Bonchev–Trinajstić information content (AvgIpc) is 2.28. The van der Waals surface area contributed by atoms with Crippen LogP contribution in [0.1, 0.15) is 32.1 Å². The topological polar surface area (TPSA) is 23.5 Å². The molecule has 1 saturated heterocycles. The lowest BCUT2D eigenvalue weighted by atomic mass is 9.81. The maximum atomic E-state index is 13.0. The number of aliphatic hydroxyl groups is 1. The number of hydrogen-bond donors (Lipinski definition) is 1. The van der Waals surface area contributed by atoms with E-state index in [1.165, 1.54) is 0 Å². The van der Waals surface area contributed by atoms with Gasteiger partial charge in [0.2, 0.25) is 0 Å². The lowest BCUT2D eigenvalue weighted by Gasteiger charge is -2.44. The summed E-state index contributed by atoms with van der Waals surface area (Å²) in [5.74, 6) is -1.38. The largest absolute Gasteiger partial charge is 0.393 e. The molecule has 2 fully saturated rings. The molecule has 1 aliphatic carbocycles. The molecule has 1 heterocycles. The summed E-state index contributed by atoms with van der Waals surface area (Å²) in [5, 5.41) is 9.58. The third-order valence-electron chi connectivity index (χ3n) is 4.14. The third kappa shape index (κ3) is 3.15. The fourth-order valence-electron chi connectivity index (χ4n) is 3.11. The number of likely N-dealkylation sites (tertiary alicyclic amines) is 1. The smallest absolute Gasteiger partial charge is 0.393 e. The minimum atomic E-state index is -4.22. The Morgan fingerprint density at radius 1 is 1.00 bits per heavy atom. The summed E-state index contributed by atoms with van der Waals surface area (Å²) < 4.78 is 51.9. The molecular weight excluding hydrogens is 250 g/mol. The van der Waals surface area contributed by atoms with E-state index >= 15 is 0 Å². The van der Waals surface area contributed by atoms with Crippen LogP contribution in [0, 0.1) is 5.92 Å². The fraction of sp³-hybridized carbons (Fsp3) is 1.00. The summed E-state index contributed by atoms with van der Waals surface area (Å²) in [7, 11) is 0. The van der Waals surface area contributed by atoms with Gasteiger partial charge in [-0.1, -0.05) is 0 Å². The average molecular weight is 269 g/mol. The summed E-state index contributed by atoms with van der Waals surface area (Å²) in [4.78, 5) is 1.72. The minimum Gasteiger partial charge on any atom is -0.393 e. The summed E-state index contributed by atoms with van der Waals surface area (Å²) >= 11 is 0. The highest BCUT2D eigenvalue weighted by molar-refractivity contribution is 4.92. The van der Waals surface area contributed by atoms with Crippen LogP contribution in [0.4, 0.5) is 17.6 Å². The van der Waals surface area contributed by atoms with Crippen molar-refractivity contribution in [2.75, 3.05) is 13.1 Å². The molecule has 2 rings (SSSR count). The molecule has 0 spiro atoms. The van der Waals surface area contributed by atoms with Gasteiger partial charge in [0.1, 0.15) is 6.17 Å². The molecule has 0 aromatic rings. The second kappa shape index (κ2) is 5.33. The molecule has 18 heavy (non-hydrogen) atoms. The molecule has 0 aromatic heterocycles. The van der Waals surface area contributed by atoms with E-state index in [0.29, 0.717) is 25.9 Å². The van der Waals surface area contributed by atoms with E-state index in [2.05, 4.69) is 0 Å². The molecule has 106 valence electrons. The van der Waals surface area contributed by atoms with Gasteiger partial charge in [-0.3, -0.25) is 4.90 Å². The Morgan fingerprint density at radius 2 is 1.61 bits per heavy atom. The molecule has 0 amide bonds. The first-order valence-electron chi connectivity index (χ1n) is 6.51. The van der Waals surface area contributed by atoms with Gasteiger partial charge in [0, 0.05) is 19.1 Å². The zero-order valence-electron chi connectivity index (χ0n) is 10.2. The van der Waals surface area contributed by atoms with Gasteiger partial charge < -0.3 is 5.11 Å². The van der Waals surface area contributed by atoms with Crippen LogP contribution in [0.3, 0.4) is 0 Å². The number of rotatable bonds is 1. The van der Waals surface area contributed by atoms with E-state index in [9.17, 15) is 22.7 Å². The maximum absolute atomic E-state index is 13.0. The Kier molecular flexibility index (Phi) is 4.16. The monoisotopic (exact) mass is 269 g/mol. The Balaban J connectivity index is 2.05. The molecule has 1 N–H and O–H groups in total. The summed E-state index contributed by atoms with van der Waals surface area (Å²) in [5.41, 5.74) is 0. The Bertz CT molecular complexity index is 276. The first-order chi connectivity index (χ1) is 8.38. The lowest BCUT2D eigenvalue weighted by molar-refractivity contribution is -0.206. The Morgan fingerprint density at radius 3 is 2.17 bits per heavy atom. The van der Waals surface area contributed by atoms with E-state index in [-0.39, 0.29) is 19.3 Å². The molecule has 2 aliphatic rings. The molecule has 3 unspecified atom stereocenters. The predicted octanol–water partition coefficient (Wildman–Crippen LogP) is 2.51. The normalized spacial score (nSPS) is 36.8. The fourth-order valence-corrected chi connectivity index (χ4v) is 3.11. The SMILES string of the molecule is OC1CCC(C(F)(F)F)C(N2CCC(F)CC2)C1. The third-order valence-corrected chi connectivity index (χ3v) is 4.14. The van der Waals surface area contributed by atoms with E-state index < -0.39 is 30.4 Å². The molecule has 0 bridgehead atoms. The van der Waals surface area contributed by atoms with Gasteiger partial charge in [0.05, 0.1) is 12.0 Å².